The number of hydrogen-bond donors (Lipinski definition) is 1. The molecule has 0 saturated carbocycles. The third-order valence-electron chi connectivity index (χ3n) is 3.92. The number of aromatic nitrogens is 3. The Balaban J connectivity index is 2.02. The number of aryl methyl sites for hydroxylation is 1. The lowest BCUT2D eigenvalue weighted by molar-refractivity contribution is 0.0695. The highest BCUT2D eigenvalue weighted by Gasteiger charge is 2.17. The quantitative estimate of drug-likeness (QED) is 0.804. The van der Waals surface area contributed by atoms with E-state index >= 15 is 0 Å². The molecule has 3 aromatic rings. The molecule has 2 heterocycles. The lowest BCUT2D eigenvalue weighted by atomic mass is 10.0. The molecule has 3 rings (SSSR count). The van der Waals surface area contributed by atoms with Gasteiger partial charge in [0.25, 0.3) is 0 Å². The molecule has 116 valence electrons. The van der Waals surface area contributed by atoms with Crippen LogP contribution in [0.2, 0.25) is 0 Å². The largest absolute Gasteiger partial charge is 0.478 e. The fourth-order valence-corrected chi connectivity index (χ4v) is 2.81. The molecule has 0 aliphatic rings. The lowest BCUT2D eigenvalue weighted by Crippen LogP contribution is -2.04. The van der Waals surface area contributed by atoms with Crippen molar-refractivity contribution in [3.05, 3.63) is 71.2 Å². The molecule has 0 unspecified atom stereocenters. The number of carbonyl (C=O) groups is 1. The minimum Gasteiger partial charge on any atom is -0.478 e. The molecule has 5 nitrogen and oxygen atoms in total. The number of aromatic carboxylic acids is 1. The second kappa shape index (κ2) is 6.04. The van der Waals surface area contributed by atoms with E-state index in [1.807, 2.05) is 49.0 Å². The second-order valence-electron chi connectivity index (χ2n) is 5.42. The van der Waals surface area contributed by atoms with Crippen molar-refractivity contribution in [2.24, 2.45) is 7.05 Å². The molecular formula is C18H17N3O2. The summed E-state index contributed by atoms with van der Waals surface area (Å²) in [5.74, 6) is -0.945. The molecule has 2 aromatic heterocycles. The van der Waals surface area contributed by atoms with Crippen LogP contribution in [0.15, 0.2) is 48.8 Å². The standard InChI is InChI=1S/C18H17N3O2/c1-12-16(10-14-11-19-9-8-15(14)18(22)23)20-21(2)17(12)13-6-4-3-5-7-13/h3-9,11H,10H2,1-2H3,(H,22,23). The van der Waals surface area contributed by atoms with E-state index in [1.54, 1.807) is 6.20 Å². The molecule has 0 saturated heterocycles. The number of benzene rings is 1. The first-order chi connectivity index (χ1) is 11.1. The van der Waals surface area contributed by atoms with Gasteiger partial charge in [-0.2, -0.15) is 5.10 Å². The highest BCUT2D eigenvalue weighted by molar-refractivity contribution is 5.89. The van der Waals surface area contributed by atoms with Gasteiger partial charge in [-0.25, -0.2) is 4.79 Å². The Morgan fingerprint density at radius 3 is 2.65 bits per heavy atom. The van der Waals surface area contributed by atoms with Crippen LogP contribution in [-0.4, -0.2) is 25.8 Å². The number of hydrogen-bond acceptors (Lipinski definition) is 3. The first-order valence-corrected chi connectivity index (χ1v) is 7.32. The molecule has 0 aliphatic heterocycles. The summed E-state index contributed by atoms with van der Waals surface area (Å²) in [6.45, 7) is 2.02. The van der Waals surface area contributed by atoms with Crippen LogP contribution in [0.5, 0.6) is 0 Å². The Hall–Kier alpha value is -2.95. The predicted octanol–water partition coefficient (Wildman–Crippen LogP) is 3.08. The summed E-state index contributed by atoms with van der Waals surface area (Å²) in [6, 6.07) is 11.6. The Kier molecular flexibility index (Phi) is 3.93. The Morgan fingerprint density at radius 1 is 1.22 bits per heavy atom. The van der Waals surface area contributed by atoms with Crippen molar-refractivity contribution in [3.63, 3.8) is 0 Å². The smallest absolute Gasteiger partial charge is 0.336 e. The van der Waals surface area contributed by atoms with Gasteiger partial charge in [0.1, 0.15) is 0 Å². The Labute approximate surface area is 134 Å². The third kappa shape index (κ3) is 2.85. The summed E-state index contributed by atoms with van der Waals surface area (Å²) in [5, 5.41) is 13.9. The fourth-order valence-electron chi connectivity index (χ4n) is 2.81. The van der Waals surface area contributed by atoms with E-state index in [0.717, 1.165) is 22.5 Å². The van der Waals surface area contributed by atoms with Crippen molar-refractivity contribution < 1.29 is 9.90 Å². The van der Waals surface area contributed by atoms with Gasteiger partial charge in [-0.1, -0.05) is 30.3 Å². The van der Waals surface area contributed by atoms with Gasteiger partial charge in [0.2, 0.25) is 0 Å². The average molecular weight is 307 g/mol. The van der Waals surface area contributed by atoms with Gasteiger partial charge in [-0.05, 0) is 24.1 Å². The molecule has 0 amide bonds. The highest BCUT2D eigenvalue weighted by Crippen LogP contribution is 2.26. The molecule has 23 heavy (non-hydrogen) atoms. The van der Waals surface area contributed by atoms with Crippen LogP contribution < -0.4 is 0 Å². The van der Waals surface area contributed by atoms with Crippen LogP contribution in [0.3, 0.4) is 0 Å². The van der Waals surface area contributed by atoms with E-state index in [0.29, 0.717) is 12.0 Å². The molecule has 1 N–H and O–H groups in total. The summed E-state index contributed by atoms with van der Waals surface area (Å²) in [6.07, 6.45) is 3.54. The van der Waals surface area contributed by atoms with Crippen molar-refractivity contribution in [2.45, 2.75) is 13.3 Å². The summed E-state index contributed by atoms with van der Waals surface area (Å²) in [5.41, 5.74) is 4.99. The highest BCUT2D eigenvalue weighted by atomic mass is 16.4. The summed E-state index contributed by atoms with van der Waals surface area (Å²) in [4.78, 5) is 15.4. The molecule has 0 spiro atoms. The van der Waals surface area contributed by atoms with Crippen LogP contribution in [0, 0.1) is 6.92 Å². The number of carboxylic acids is 1. The summed E-state index contributed by atoms with van der Waals surface area (Å²) >= 11 is 0. The van der Waals surface area contributed by atoms with Crippen LogP contribution in [0.25, 0.3) is 11.3 Å². The zero-order valence-corrected chi connectivity index (χ0v) is 13.0. The van der Waals surface area contributed by atoms with Crippen LogP contribution >= 0.6 is 0 Å². The monoisotopic (exact) mass is 307 g/mol. The number of nitrogens with zero attached hydrogens (tertiary/aromatic N) is 3. The number of pyridine rings is 1. The second-order valence-corrected chi connectivity index (χ2v) is 5.42. The normalized spacial score (nSPS) is 10.7. The third-order valence-corrected chi connectivity index (χ3v) is 3.92. The van der Waals surface area contributed by atoms with Crippen molar-refractivity contribution in [2.75, 3.05) is 0 Å². The van der Waals surface area contributed by atoms with E-state index < -0.39 is 5.97 Å². The summed E-state index contributed by atoms with van der Waals surface area (Å²) in [7, 11) is 1.90. The average Bonchev–Trinajstić information content (AvgIpc) is 2.82. The van der Waals surface area contributed by atoms with Crippen molar-refractivity contribution in [1.29, 1.82) is 0 Å². The van der Waals surface area contributed by atoms with Crippen molar-refractivity contribution in [1.82, 2.24) is 14.8 Å². The van der Waals surface area contributed by atoms with Crippen molar-refractivity contribution in [3.8, 4) is 11.3 Å². The van der Waals surface area contributed by atoms with Crippen LogP contribution in [0.4, 0.5) is 0 Å². The molecule has 0 aliphatic carbocycles. The maximum atomic E-state index is 11.3. The van der Waals surface area contributed by atoms with E-state index in [-0.39, 0.29) is 5.56 Å². The van der Waals surface area contributed by atoms with Gasteiger partial charge >= 0.3 is 5.97 Å². The van der Waals surface area contributed by atoms with E-state index in [1.165, 1.54) is 12.3 Å². The summed E-state index contributed by atoms with van der Waals surface area (Å²) < 4.78 is 1.84. The van der Waals surface area contributed by atoms with E-state index in [2.05, 4.69) is 10.1 Å². The molecule has 0 radical (unpaired) electrons. The van der Waals surface area contributed by atoms with Crippen LogP contribution in [-0.2, 0) is 13.5 Å². The molecule has 1 aromatic carbocycles. The number of rotatable bonds is 4. The molecular weight excluding hydrogens is 290 g/mol. The zero-order valence-electron chi connectivity index (χ0n) is 13.0. The Morgan fingerprint density at radius 2 is 1.96 bits per heavy atom. The molecule has 0 fully saturated rings. The van der Waals surface area contributed by atoms with Gasteiger partial charge in [0.05, 0.1) is 17.0 Å². The van der Waals surface area contributed by atoms with Gasteiger partial charge in [0.15, 0.2) is 0 Å². The SMILES string of the molecule is Cc1c(Cc2cnccc2C(=O)O)nn(C)c1-c1ccccc1. The number of carboxylic acid groups (broad SMARTS) is 1. The zero-order chi connectivity index (χ0) is 16.4. The van der Waals surface area contributed by atoms with Gasteiger partial charge in [-0.15, -0.1) is 0 Å². The van der Waals surface area contributed by atoms with Gasteiger partial charge in [0, 0.05) is 31.4 Å². The molecule has 0 atom stereocenters. The predicted molar refractivity (Wildman–Crippen MR) is 87.4 cm³/mol. The maximum absolute atomic E-state index is 11.3. The topological polar surface area (TPSA) is 68.0 Å². The van der Waals surface area contributed by atoms with E-state index in [4.69, 9.17) is 0 Å². The van der Waals surface area contributed by atoms with Crippen molar-refractivity contribution >= 4 is 5.97 Å². The first kappa shape index (κ1) is 15.0. The first-order valence-electron chi connectivity index (χ1n) is 7.32. The lowest BCUT2D eigenvalue weighted by Gasteiger charge is -2.05. The maximum Gasteiger partial charge on any atom is 0.336 e. The van der Waals surface area contributed by atoms with E-state index in [9.17, 15) is 9.90 Å². The van der Waals surface area contributed by atoms with Gasteiger partial charge < -0.3 is 5.11 Å². The fraction of sp³-hybridized carbons (Fsp3) is 0.167. The minimum absolute atomic E-state index is 0.270. The molecule has 5 heteroatoms. The van der Waals surface area contributed by atoms with Gasteiger partial charge in [-0.3, -0.25) is 9.67 Å². The molecule has 0 bridgehead atoms. The van der Waals surface area contributed by atoms with Crippen LogP contribution in [0.1, 0.15) is 27.2 Å². The minimum atomic E-state index is -0.945. The Bertz CT molecular complexity index is 854.